The Hall–Kier alpha value is -3.70. The van der Waals surface area contributed by atoms with Crippen molar-refractivity contribution in [3.63, 3.8) is 0 Å². The molecule has 0 saturated carbocycles. The lowest BCUT2D eigenvalue weighted by Gasteiger charge is -2.42. The molecule has 1 aliphatic rings. The van der Waals surface area contributed by atoms with Gasteiger partial charge < -0.3 is 28.5 Å². The maximum atomic E-state index is 13.4. The summed E-state index contributed by atoms with van der Waals surface area (Å²) in [7, 11) is 0. The molecule has 9 heteroatoms. The van der Waals surface area contributed by atoms with Crippen LogP contribution < -0.4 is 4.84 Å². The molecule has 5 atom stereocenters. The highest BCUT2D eigenvalue weighted by atomic mass is 32.1. The number of aromatic nitrogens is 1. The molecular weight excluding hydrogens is 602 g/mol. The van der Waals surface area contributed by atoms with Crippen LogP contribution in [0.15, 0.2) is 115 Å². The highest BCUT2D eigenvalue weighted by Gasteiger charge is 2.43. The average Bonchev–Trinajstić information content (AvgIpc) is 3.08. The first kappa shape index (κ1) is 33.7. The lowest BCUT2D eigenvalue weighted by Crippen LogP contribution is -2.54. The van der Waals surface area contributed by atoms with Gasteiger partial charge in [-0.15, -0.1) is 0 Å². The van der Waals surface area contributed by atoms with E-state index in [-0.39, 0.29) is 12.5 Å². The van der Waals surface area contributed by atoms with Crippen LogP contribution in [0.2, 0.25) is 0 Å². The van der Waals surface area contributed by atoms with E-state index in [2.05, 4.69) is 0 Å². The molecule has 46 heavy (non-hydrogen) atoms. The molecule has 0 N–H and O–H groups in total. The lowest BCUT2D eigenvalue weighted by atomic mass is 10.00. The van der Waals surface area contributed by atoms with Crippen LogP contribution in [0.4, 0.5) is 0 Å². The molecule has 1 saturated heterocycles. The van der Waals surface area contributed by atoms with Crippen molar-refractivity contribution in [2.45, 2.75) is 70.8 Å². The molecule has 0 aliphatic carbocycles. The number of carbonyl (C=O) groups excluding carboxylic acids is 1. The van der Waals surface area contributed by atoms with E-state index in [4.69, 9.17) is 40.7 Å². The Kier molecular flexibility index (Phi) is 12.6. The van der Waals surface area contributed by atoms with Gasteiger partial charge in [-0.05, 0) is 34.7 Å². The third-order valence-electron chi connectivity index (χ3n) is 7.58. The monoisotopic (exact) mass is 643 g/mol. The van der Waals surface area contributed by atoms with Gasteiger partial charge in [0.05, 0.1) is 32.5 Å². The molecule has 242 valence electrons. The van der Waals surface area contributed by atoms with E-state index >= 15 is 0 Å². The maximum absolute atomic E-state index is 13.4. The second-order valence-corrected chi connectivity index (χ2v) is 11.9. The van der Waals surface area contributed by atoms with Crippen LogP contribution in [-0.2, 0) is 48.3 Å². The number of carbonyl (C=O) groups is 1. The maximum Gasteiger partial charge on any atom is 0.361 e. The zero-order chi connectivity index (χ0) is 32.1. The summed E-state index contributed by atoms with van der Waals surface area (Å²) < 4.78 is 33.8. The van der Waals surface area contributed by atoms with Gasteiger partial charge in [-0.1, -0.05) is 123 Å². The topological polar surface area (TPSA) is 77.4 Å². The fraction of sp³-hybridized carbons (Fsp3) is 0.351. The summed E-state index contributed by atoms with van der Waals surface area (Å²) >= 11 is 5.31. The summed E-state index contributed by atoms with van der Waals surface area (Å²) in [5, 5.41) is 0. The zero-order valence-electron chi connectivity index (χ0n) is 26.2. The van der Waals surface area contributed by atoms with E-state index in [1.807, 2.05) is 105 Å². The summed E-state index contributed by atoms with van der Waals surface area (Å²) in [4.78, 5) is 19.0. The fourth-order valence-corrected chi connectivity index (χ4v) is 5.36. The number of pyridine rings is 1. The molecule has 4 aromatic rings. The zero-order valence-corrected chi connectivity index (χ0v) is 27.0. The minimum absolute atomic E-state index is 0.211. The molecule has 5 rings (SSSR count). The Bertz CT molecular complexity index is 1530. The van der Waals surface area contributed by atoms with Crippen molar-refractivity contribution < 1.29 is 33.3 Å². The number of benzene rings is 3. The Morgan fingerprint density at radius 3 is 1.96 bits per heavy atom. The Balaban J connectivity index is 1.36. The highest BCUT2D eigenvalue weighted by molar-refractivity contribution is 7.71. The van der Waals surface area contributed by atoms with E-state index in [9.17, 15) is 4.79 Å². The molecule has 0 amide bonds. The first-order chi connectivity index (χ1) is 22.5. The summed E-state index contributed by atoms with van der Waals surface area (Å²) in [5.41, 5.74) is 3.12. The van der Waals surface area contributed by atoms with E-state index in [0.29, 0.717) is 30.9 Å². The molecule has 0 radical (unpaired) electrons. The molecule has 2 heterocycles. The van der Waals surface area contributed by atoms with Crippen molar-refractivity contribution >= 4 is 18.2 Å². The Morgan fingerprint density at radius 1 is 0.804 bits per heavy atom. The summed E-state index contributed by atoms with van der Waals surface area (Å²) in [6.07, 6.45) is -1.20. The summed E-state index contributed by atoms with van der Waals surface area (Å²) in [6.45, 7) is 5.19. The van der Waals surface area contributed by atoms with Gasteiger partial charge >= 0.3 is 5.97 Å². The van der Waals surface area contributed by atoms with E-state index in [1.54, 1.807) is 24.4 Å². The van der Waals surface area contributed by atoms with Crippen LogP contribution in [0.5, 0.6) is 0 Å². The first-order valence-electron chi connectivity index (χ1n) is 15.6. The second-order valence-electron chi connectivity index (χ2n) is 11.5. The molecule has 1 unspecified atom stereocenters. The lowest BCUT2D eigenvalue weighted by molar-refractivity contribution is -0.290. The van der Waals surface area contributed by atoms with Gasteiger partial charge in [0.1, 0.15) is 16.8 Å². The van der Waals surface area contributed by atoms with Gasteiger partial charge in [0.15, 0.2) is 12.4 Å². The van der Waals surface area contributed by atoms with Gasteiger partial charge in [-0.3, -0.25) is 0 Å². The molecule has 8 nitrogen and oxygen atoms in total. The molecular formula is C37H41NO7S. The first-order valence-corrected chi connectivity index (χ1v) is 16.0. The molecule has 1 fully saturated rings. The van der Waals surface area contributed by atoms with Crippen LogP contribution in [0.3, 0.4) is 0 Å². The molecule has 0 spiro atoms. The fourth-order valence-electron chi connectivity index (χ4n) is 5.19. The molecule has 3 aromatic carbocycles. The smallest absolute Gasteiger partial charge is 0.361 e. The predicted octanol–water partition coefficient (Wildman–Crippen LogP) is 6.72. The number of hydrogen-bond acceptors (Lipinski definition) is 8. The third kappa shape index (κ3) is 9.90. The standard InChI is InChI=1S/C37H41NO7S/c1-27(2)35(37(39)45-38-21-13-12-20-33(38)46)44-34-22-31(41-24-29-16-8-4-9-17-29)36(42-25-30-18-10-5-11-19-30)32(43-34)26-40-23-28-14-6-3-7-15-28/h3-21,27,31-32,34-36H,22-26H2,1-2H3/t31-,32-,34-,35?,36+/m1/s1. The van der Waals surface area contributed by atoms with Crippen LogP contribution in [0.1, 0.15) is 37.0 Å². The highest BCUT2D eigenvalue weighted by Crippen LogP contribution is 2.30. The van der Waals surface area contributed by atoms with Gasteiger partial charge in [-0.25, -0.2) is 4.79 Å². The number of hydrogen-bond donors (Lipinski definition) is 0. The van der Waals surface area contributed by atoms with E-state index < -0.39 is 36.7 Å². The van der Waals surface area contributed by atoms with E-state index in [0.717, 1.165) is 16.7 Å². The molecule has 1 aliphatic heterocycles. The van der Waals surface area contributed by atoms with Crippen molar-refractivity contribution in [1.82, 2.24) is 4.73 Å². The number of ether oxygens (including phenoxy) is 5. The van der Waals surface area contributed by atoms with Crippen molar-refractivity contribution in [3.05, 3.63) is 137 Å². The van der Waals surface area contributed by atoms with Gasteiger partial charge in [-0.2, -0.15) is 4.73 Å². The number of nitrogens with zero attached hydrogens (tertiary/aromatic N) is 1. The van der Waals surface area contributed by atoms with Crippen LogP contribution in [0, 0.1) is 10.6 Å². The van der Waals surface area contributed by atoms with Crippen LogP contribution >= 0.6 is 12.2 Å². The van der Waals surface area contributed by atoms with Crippen molar-refractivity contribution in [1.29, 1.82) is 0 Å². The van der Waals surface area contributed by atoms with Gasteiger partial charge in [0.2, 0.25) is 0 Å². The summed E-state index contributed by atoms with van der Waals surface area (Å²) in [5.74, 6) is -0.778. The largest absolute Gasteiger partial charge is 0.374 e. The normalized spacial score (nSPS) is 20.3. The minimum atomic E-state index is -0.922. The van der Waals surface area contributed by atoms with Crippen molar-refractivity contribution in [3.8, 4) is 0 Å². The van der Waals surface area contributed by atoms with Crippen molar-refractivity contribution in [2.24, 2.45) is 5.92 Å². The van der Waals surface area contributed by atoms with Crippen molar-refractivity contribution in [2.75, 3.05) is 6.61 Å². The van der Waals surface area contributed by atoms with Gasteiger partial charge in [0, 0.05) is 12.6 Å². The van der Waals surface area contributed by atoms with E-state index in [1.165, 1.54) is 4.73 Å². The summed E-state index contributed by atoms with van der Waals surface area (Å²) in [6, 6.07) is 35.1. The Morgan fingerprint density at radius 2 is 1.37 bits per heavy atom. The third-order valence-corrected chi connectivity index (χ3v) is 7.90. The second kappa shape index (κ2) is 17.3. The number of rotatable bonds is 15. The quantitative estimate of drug-likeness (QED) is 0.132. The van der Waals surface area contributed by atoms with Crippen LogP contribution in [-0.4, -0.2) is 48.0 Å². The average molecular weight is 644 g/mol. The van der Waals surface area contributed by atoms with Crippen LogP contribution in [0.25, 0.3) is 0 Å². The van der Waals surface area contributed by atoms with Gasteiger partial charge in [0.25, 0.3) is 0 Å². The molecule has 0 bridgehead atoms. The predicted molar refractivity (Wildman–Crippen MR) is 176 cm³/mol. The Labute approximate surface area is 275 Å². The SMILES string of the molecule is CC(C)C(O[C@@H]1C[C@@H](OCc2ccccc2)[C@H](OCc2ccccc2)[C@@H](COCc2ccccc2)O1)C(=O)On1ccccc1=S. The minimum Gasteiger partial charge on any atom is -0.374 e. The molecule has 1 aromatic heterocycles.